The van der Waals surface area contributed by atoms with Gasteiger partial charge in [-0.25, -0.2) is 9.97 Å². The van der Waals surface area contributed by atoms with Crippen LogP contribution in [0.1, 0.15) is 72.6 Å². The standard InChI is InChI=1S/C40H41F3N4O5/c1-39(2,3)31-14-9-26(10-15-31)30-21-44-37(45-22-30)27-7-5-25(6-8-27)23-47(24-36(49)50)38(51)28-11-16-32(17-12-28)46-35(48)19-29-13-18-33(52-4)20-34(29)40(41,42)43/h5-9,11-13,16-18,20-22,31H,10,14-15,19,23-24H2,1-4H3,(H,46,48)(H,49,50). The Labute approximate surface area is 300 Å². The molecule has 0 spiro atoms. The Hall–Kier alpha value is -5.52. The number of carbonyl (C=O) groups excluding carboxylic acids is 2. The molecule has 4 aromatic rings. The van der Waals surface area contributed by atoms with E-state index in [-0.39, 0.29) is 34.5 Å². The van der Waals surface area contributed by atoms with Gasteiger partial charge in [-0.15, -0.1) is 0 Å². The number of carboxylic acid groups (broad SMARTS) is 1. The number of aromatic nitrogens is 2. The summed E-state index contributed by atoms with van der Waals surface area (Å²) in [4.78, 5) is 48.1. The van der Waals surface area contributed by atoms with Crippen LogP contribution in [0, 0.1) is 11.3 Å². The molecule has 1 aliphatic carbocycles. The summed E-state index contributed by atoms with van der Waals surface area (Å²) in [6.07, 6.45) is 3.92. The third-order valence-corrected chi connectivity index (χ3v) is 9.25. The fraction of sp³-hybridized carbons (Fsp3) is 0.325. The molecule has 0 bridgehead atoms. The molecule has 52 heavy (non-hydrogen) atoms. The molecule has 5 rings (SSSR count). The lowest BCUT2D eigenvalue weighted by atomic mass is 9.72. The predicted octanol–water partition coefficient (Wildman–Crippen LogP) is 8.31. The second-order valence-electron chi connectivity index (χ2n) is 13.9. The van der Waals surface area contributed by atoms with Crippen LogP contribution in [0.4, 0.5) is 18.9 Å². The first kappa shape index (κ1) is 37.7. The molecule has 1 heterocycles. The number of nitrogens with zero attached hydrogens (tertiary/aromatic N) is 3. The van der Waals surface area contributed by atoms with Crippen molar-refractivity contribution in [3.63, 3.8) is 0 Å². The highest BCUT2D eigenvalue weighted by atomic mass is 19.4. The van der Waals surface area contributed by atoms with Gasteiger partial charge in [0.1, 0.15) is 12.3 Å². The van der Waals surface area contributed by atoms with Crippen molar-refractivity contribution in [2.24, 2.45) is 11.3 Å². The van der Waals surface area contributed by atoms with Gasteiger partial charge in [-0.3, -0.25) is 14.4 Å². The van der Waals surface area contributed by atoms with Crippen LogP contribution in [-0.4, -0.2) is 51.4 Å². The molecule has 2 N–H and O–H groups in total. The van der Waals surface area contributed by atoms with Crippen LogP contribution in [0.25, 0.3) is 17.0 Å². The van der Waals surface area contributed by atoms with Crippen LogP contribution >= 0.6 is 0 Å². The Kier molecular flexibility index (Phi) is 11.5. The number of halogens is 3. The number of alkyl halides is 3. The summed E-state index contributed by atoms with van der Waals surface area (Å²) in [5.74, 6) is -1.22. The van der Waals surface area contributed by atoms with Gasteiger partial charge in [-0.2, -0.15) is 13.2 Å². The van der Waals surface area contributed by atoms with E-state index < -0.39 is 42.5 Å². The summed E-state index contributed by atoms with van der Waals surface area (Å²) in [5.41, 5.74) is 3.25. The van der Waals surface area contributed by atoms with E-state index >= 15 is 0 Å². The van der Waals surface area contributed by atoms with Crippen LogP contribution in [0.5, 0.6) is 5.75 Å². The Bertz CT molecular complexity index is 1930. The zero-order chi connectivity index (χ0) is 37.6. The Morgan fingerprint density at radius 3 is 2.17 bits per heavy atom. The fourth-order valence-corrected chi connectivity index (χ4v) is 6.23. The van der Waals surface area contributed by atoms with Crippen LogP contribution < -0.4 is 10.1 Å². The van der Waals surface area contributed by atoms with E-state index in [0.717, 1.165) is 36.5 Å². The minimum atomic E-state index is -4.68. The highest BCUT2D eigenvalue weighted by molar-refractivity contribution is 5.97. The molecule has 1 atom stereocenters. The summed E-state index contributed by atoms with van der Waals surface area (Å²) in [6, 6.07) is 16.3. The number of rotatable bonds is 11. The van der Waals surface area contributed by atoms with Gasteiger partial charge in [-0.05, 0) is 83.7 Å². The van der Waals surface area contributed by atoms with E-state index in [9.17, 15) is 32.7 Å². The lowest BCUT2D eigenvalue weighted by molar-refractivity contribution is -0.139. The topological polar surface area (TPSA) is 122 Å². The summed E-state index contributed by atoms with van der Waals surface area (Å²) in [7, 11) is 1.25. The predicted molar refractivity (Wildman–Crippen MR) is 191 cm³/mol. The smallest absolute Gasteiger partial charge is 0.416 e. The van der Waals surface area contributed by atoms with Gasteiger partial charge in [0.05, 0.1) is 19.1 Å². The Morgan fingerprint density at radius 1 is 0.942 bits per heavy atom. The van der Waals surface area contributed by atoms with Gasteiger partial charge < -0.3 is 20.1 Å². The van der Waals surface area contributed by atoms with Crippen molar-refractivity contribution in [2.45, 2.75) is 59.2 Å². The van der Waals surface area contributed by atoms with E-state index in [1.165, 1.54) is 54.0 Å². The number of allylic oxidation sites excluding steroid dienone is 2. The number of carboxylic acids is 1. The maximum absolute atomic E-state index is 13.6. The van der Waals surface area contributed by atoms with E-state index in [1.807, 2.05) is 24.5 Å². The summed E-state index contributed by atoms with van der Waals surface area (Å²) in [5, 5.41) is 12.1. The zero-order valence-corrected chi connectivity index (χ0v) is 29.5. The van der Waals surface area contributed by atoms with E-state index in [0.29, 0.717) is 17.3 Å². The number of amides is 2. The highest BCUT2D eigenvalue weighted by Crippen LogP contribution is 2.39. The van der Waals surface area contributed by atoms with Crippen LogP contribution in [0.15, 0.2) is 85.2 Å². The quantitative estimate of drug-likeness (QED) is 0.160. The fourth-order valence-electron chi connectivity index (χ4n) is 6.23. The number of aliphatic carboxylic acids is 1. The molecule has 12 heteroatoms. The van der Waals surface area contributed by atoms with Crippen molar-refractivity contribution in [3.05, 3.63) is 113 Å². The van der Waals surface area contributed by atoms with Gasteiger partial charge in [0.25, 0.3) is 5.91 Å². The first-order valence-electron chi connectivity index (χ1n) is 16.9. The number of nitrogens with one attached hydrogen (secondary N) is 1. The largest absolute Gasteiger partial charge is 0.497 e. The molecule has 272 valence electrons. The average molecular weight is 715 g/mol. The van der Waals surface area contributed by atoms with Crippen molar-refractivity contribution in [1.82, 2.24) is 14.9 Å². The molecule has 3 aromatic carbocycles. The minimum absolute atomic E-state index is 0.0107. The molecule has 1 aliphatic rings. The van der Waals surface area contributed by atoms with Crippen LogP contribution in [-0.2, 0) is 28.7 Å². The highest BCUT2D eigenvalue weighted by Gasteiger charge is 2.34. The average Bonchev–Trinajstić information content (AvgIpc) is 3.11. The number of ether oxygens (including phenoxy) is 1. The summed E-state index contributed by atoms with van der Waals surface area (Å²) in [6.45, 7) is 6.30. The second-order valence-corrected chi connectivity index (χ2v) is 13.9. The number of benzene rings is 3. The number of carbonyl (C=O) groups is 3. The molecule has 0 radical (unpaired) electrons. The van der Waals surface area contributed by atoms with Crippen LogP contribution in [0.3, 0.4) is 0 Å². The van der Waals surface area contributed by atoms with Crippen molar-refractivity contribution in [1.29, 1.82) is 0 Å². The maximum atomic E-state index is 13.6. The lowest BCUT2D eigenvalue weighted by Crippen LogP contribution is -2.35. The lowest BCUT2D eigenvalue weighted by Gasteiger charge is -2.33. The van der Waals surface area contributed by atoms with Crippen LogP contribution in [0.2, 0.25) is 0 Å². The molecule has 0 saturated heterocycles. The van der Waals surface area contributed by atoms with E-state index in [1.54, 1.807) is 12.1 Å². The van der Waals surface area contributed by atoms with Crippen molar-refractivity contribution >= 4 is 29.0 Å². The normalized spacial score (nSPS) is 14.7. The monoisotopic (exact) mass is 714 g/mol. The van der Waals surface area contributed by atoms with Gasteiger partial charge in [0.15, 0.2) is 5.82 Å². The number of hydrogen-bond donors (Lipinski definition) is 2. The first-order valence-corrected chi connectivity index (χ1v) is 16.9. The van der Waals surface area contributed by atoms with Gasteiger partial charge in [0.2, 0.25) is 5.91 Å². The van der Waals surface area contributed by atoms with Crippen molar-refractivity contribution < 1.29 is 37.4 Å². The second kappa shape index (κ2) is 15.8. The minimum Gasteiger partial charge on any atom is -0.497 e. The molecule has 1 unspecified atom stereocenters. The third kappa shape index (κ3) is 9.62. The van der Waals surface area contributed by atoms with Crippen molar-refractivity contribution in [3.8, 4) is 17.1 Å². The molecule has 0 saturated carbocycles. The molecule has 0 aliphatic heterocycles. The molecule has 2 amide bonds. The summed E-state index contributed by atoms with van der Waals surface area (Å²) < 4.78 is 45.6. The van der Waals surface area contributed by atoms with Gasteiger partial charge in [-0.1, -0.05) is 57.2 Å². The molecule has 0 fully saturated rings. The van der Waals surface area contributed by atoms with E-state index in [4.69, 9.17) is 4.74 Å². The molecular weight excluding hydrogens is 673 g/mol. The van der Waals surface area contributed by atoms with Crippen molar-refractivity contribution in [2.75, 3.05) is 19.0 Å². The Balaban J connectivity index is 1.21. The number of anilines is 1. The third-order valence-electron chi connectivity index (χ3n) is 9.25. The Morgan fingerprint density at radius 2 is 1.62 bits per heavy atom. The van der Waals surface area contributed by atoms with Gasteiger partial charge >= 0.3 is 12.1 Å². The van der Waals surface area contributed by atoms with E-state index in [2.05, 4.69) is 42.1 Å². The maximum Gasteiger partial charge on any atom is 0.416 e. The molecular formula is C40H41F3N4O5. The number of hydrogen-bond acceptors (Lipinski definition) is 6. The summed E-state index contributed by atoms with van der Waals surface area (Å²) >= 11 is 0. The number of methoxy groups -OCH3 is 1. The molecule has 1 aromatic heterocycles. The van der Waals surface area contributed by atoms with Gasteiger partial charge in [0, 0.05) is 41.3 Å². The molecule has 9 nitrogen and oxygen atoms in total. The zero-order valence-electron chi connectivity index (χ0n) is 29.5. The SMILES string of the molecule is COc1ccc(CC(=O)Nc2ccc(C(=O)N(CC(=O)O)Cc3ccc(-c4ncc(C5=CCC(C(C)(C)C)CC5)cn4)cc3)cc2)c(C(F)(F)F)c1. The first-order chi connectivity index (χ1) is 24.6.